The minimum absolute atomic E-state index is 0.0220. The summed E-state index contributed by atoms with van der Waals surface area (Å²) in [6.07, 6.45) is 2.44. The summed E-state index contributed by atoms with van der Waals surface area (Å²) in [5, 5.41) is 3.59. The summed E-state index contributed by atoms with van der Waals surface area (Å²) < 4.78 is 5.13. The van der Waals surface area contributed by atoms with Gasteiger partial charge in [-0.3, -0.25) is 4.79 Å². The molecular formula is C16H15ClN2O2. The number of pyridine rings is 1. The van der Waals surface area contributed by atoms with Crippen molar-refractivity contribution in [2.45, 2.75) is 12.3 Å². The number of anilines is 1. The van der Waals surface area contributed by atoms with Gasteiger partial charge in [-0.05, 0) is 36.1 Å². The number of hydrogen-bond donors (Lipinski definition) is 1. The molecule has 2 aromatic rings. The van der Waals surface area contributed by atoms with Crippen molar-refractivity contribution in [1.29, 1.82) is 0 Å². The van der Waals surface area contributed by atoms with Crippen LogP contribution in [0.1, 0.15) is 17.9 Å². The lowest BCUT2D eigenvalue weighted by Gasteiger charge is -2.08. The molecule has 21 heavy (non-hydrogen) atoms. The average Bonchev–Trinajstić information content (AvgIpc) is 3.29. The van der Waals surface area contributed by atoms with Gasteiger partial charge in [0.25, 0.3) is 0 Å². The fourth-order valence-electron chi connectivity index (χ4n) is 2.48. The highest BCUT2D eigenvalue weighted by Gasteiger charge is 2.44. The maximum absolute atomic E-state index is 12.3. The third-order valence-corrected chi connectivity index (χ3v) is 4.00. The molecule has 4 nitrogen and oxygen atoms in total. The Labute approximate surface area is 128 Å². The van der Waals surface area contributed by atoms with Gasteiger partial charge in [-0.1, -0.05) is 29.8 Å². The van der Waals surface area contributed by atoms with Crippen molar-refractivity contribution in [2.24, 2.45) is 5.92 Å². The SMILES string of the molecule is COc1ncccc1NC(=O)C1CC1c1ccccc1Cl. The van der Waals surface area contributed by atoms with E-state index in [1.165, 1.54) is 7.11 Å². The van der Waals surface area contributed by atoms with Gasteiger partial charge < -0.3 is 10.1 Å². The molecule has 1 aromatic heterocycles. The van der Waals surface area contributed by atoms with Gasteiger partial charge >= 0.3 is 0 Å². The van der Waals surface area contributed by atoms with Gasteiger partial charge in [-0.15, -0.1) is 0 Å². The Kier molecular flexibility index (Phi) is 3.80. The molecule has 1 N–H and O–H groups in total. The lowest BCUT2D eigenvalue weighted by Crippen LogP contribution is -2.15. The number of nitrogens with zero attached hydrogens (tertiary/aromatic N) is 1. The third kappa shape index (κ3) is 2.85. The molecule has 1 aromatic carbocycles. The molecule has 0 radical (unpaired) electrons. The first kappa shape index (κ1) is 13.9. The van der Waals surface area contributed by atoms with E-state index in [-0.39, 0.29) is 17.7 Å². The summed E-state index contributed by atoms with van der Waals surface area (Å²) in [4.78, 5) is 16.4. The second-order valence-electron chi connectivity index (χ2n) is 5.02. The van der Waals surface area contributed by atoms with Gasteiger partial charge in [-0.25, -0.2) is 4.98 Å². The monoisotopic (exact) mass is 302 g/mol. The first-order valence-electron chi connectivity index (χ1n) is 6.75. The van der Waals surface area contributed by atoms with Gasteiger partial charge in [0.1, 0.15) is 5.69 Å². The van der Waals surface area contributed by atoms with Crippen molar-refractivity contribution in [2.75, 3.05) is 12.4 Å². The first-order valence-corrected chi connectivity index (χ1v) is 7.13. The molecule has 0 spiro atoms. The number of halogens is 1. The van der Waals surface area contributed by atoms with Crippen molar-refractivity contribution in [3.05, 3.63) is 53.2 Å². The number of carbonyl (C=O) groups excluding carboxylic acids is 1. The molecule has 1 aliphatic rings. The molecule has 1 saturated carbocycles. The van der Waals surface area contributed by atoms with Crippen LogP contribution in [-0.4, -0.2) is 18.0 Å². The highest BCUT2D eigenvalue weighted by molar-refractivity contribution is 6.31. The third-order valence-electron chi connectivity index (χ3n) is 3.65. The van der Waals surface area contributed by atoms with Crippen LogP contribution in [0.4, 0.5) is 5.69 Å². The fourth-order valence-corrected chi connectivity index (χ4v) is 2.75. The van der Waals surface area contributed by atoms with E-state index >= 15 is 0 Å². The van der Waals surface area contributed by atoms with E-state index in [1.54, 1.807) is 18.3 Å². The largest absolute Gasteiger partial charge is 0.480 e. The molecule has 2 unspecified atom stereocenters. The van der Waals surface area contributed by atoms with Crippen molar-refractivity contribution in [3.8, 4) is 5.88 Å². The maximum atomic E-state index is 12.3. The first-order chi connectivity index (χ1) is 10.2. The van der Waals surface area contributed by atoms with Gasteiger partial charge in [0.15, 0.2) is 0 Å². The Morgan fingerprint density at radius 3 is 2.90 bits per heavy atom. The van der Waals surface area contributed by atoms with E-state index in [2.05, 4.69) is 10.3 Å². The molecule has 0 aliphatic heterocycles. The summed E-state index contributed by atoms with van der Waals surface area (Å²) in [6, 6.07) is 11.2. The molecule has 0 saturated heterocycles. The smallest absolute Gasteiger partial charge is 0.237 e. The highest BCUT2D eigenvalue weighted by Crippen LogP contribution is 2.50. The van der Waals surface area contributed by atoms with E-state index in [0.717, 1.165) is 17.0 Å². The molecule has 108 valence electrons. The molecule has 1 aliphatic carbocycles. The van der Waals surface area contributed by atoms with Gasteiger partial charge in [0, 0.05) is 17.1 Å². The van der Waals surface area contributed by atoms with Gasteiger partial charge in [0.05, 0.1) is 7.11 Å². The topological polar surface area (TPSA) is 51.2 Å². The lowest BCUT2D eigenvalue weighted by molar-refractivity contribution is -0.117. The second-order valence-corrected chi connectivity index (χ2v) is 5.43. The number of nitrogens with one attached hydrogen (secondary N) is 1. The van der Waals surface area contributed by atoms with Crippen molar-refractivity contribution in [3.63, 3.8) is 0 Å². The number of hydrogen-bond acceptors (Lipinski definition) is 3. The Bertz CT molecular complexity index is 675. The van der Waals surface area contributed by atoms with Gasteiger partial charge in [0.2, 0.25) is 11.8 Å². The summed E-state index contributed by atoms with van der Waals surface area (Å²) in [7, 11) is 1.53. The number of carbonyl (C=O) groups is 1. The van der Waals surface area contributed by atoms with Crippen LogP contribution in [0.3, 0.4) is 0 Å². The quantitative estimate of drug-likeness (QED) is 0.940. The van der Waals surface area contributed by atoms with Crippen LogP contribution < -0.4 is 10.1 Å². The van der Waals surface area contributed by atoms with E-state index in [9.17, 15) is 4.79 Å². The van der Waals surface area contributed by atoms with E-state index in [4.69, 9.17) is 16.3 Å². The van der Waals surface area contributed by atoms with Crippen LogP contribution in [0.2, 0.25) is 5.02 Å². The Morgan fingerprint density at radius 2 is 2.14 bits per heavy atom. The molecular weight excluding hydrogens is 288 g/mol. The van der Waals surface area contributed by atoms with E-state index in [1.807, 2.05) is 24.3 Å². The number of ether oxygens (including phenoxy) is 1. The summed E-state index contributed by atoms with van der Waals surface area (Å²) in [6.45, 7) is 0. The minimum atomic E-state index is -0.0465. The van der Waals surface area contributed by atoms with Crippen molar-refractivity contribution in [1.82, 2.24) is 4.98 Å². The van der Waals surface area contributed by atoms with E-state index < -0.39 is 0 Å². The molecule has 3 rings (SSSR count). The molecule has 5 heteroatoms. The Hall–Kier alpha value is -2.07. The van der Waals surface area contributed by atoms with Crippen LogP contribution in [0.5, 0.6) is 5.88 Å². The van der Waals surface area contributed by atoms with Crippen LogP contribution in [-0.2, 0) is 4.79 Å². The molecule has 0 bridgehead atoms. The lowest BCUT2D eigenvalue weighted by atomic mass is 10.1. The Balaban J connectivity index is 1.70. The summed E-state index contributed by atoms with van der Waals surface area (Å²) >= 11 is 6.18. The fraction of sp³-hybridized carbons (Fsp3) is 0.250. The second kappa shape index (κ2) is 5.74. The zero-order chi connectivity index (χ0) is 14.8. The number of methoxy groups -OCH3 is 1. The zero-order valence-corrected chi connectivity index (χ0v) is 12.3. The molecule has 1 heterocycles. The van der Waals surface area contributed by atoms with E-state index in [0.29, 0.717) is 11.6 Å². The molecule has 1 fully saturated rings. The summed E-state index contributed by atoms with van der Waals surface area (Å²) in [5.41, 5.74) is 1.63. The van der Waals surface area contributed by atoms with Crippen LogP contribution in [0.15, 0.2) is 42.6 Å². The Morgan fingerprint density at radius 1 is 1.33 bits per heavy atom. The molecule has 1 amide bonds. The number of amides is 1. The normalized spacial score (nSPS) is 19.9. The predicted octanol–water partition coefficient (Wildman–Crippen LogP) is 3.49. The van der Waals surface area contributed by atoms with Gasteiger partial charge in [-0.2, -0.15) is 0 Å². The zero-order valence-electron chi connectivity index (χ0n) is 11.5. The summed E-state index contributed by atoms with van der Waals surface area (Å²) in [5.74, 6) is 0.545. The number of benzene rings is 1. The minimum Gasteiger partial charge on any atom is -0.480 e. The number of rotatable bonds is 4. The molecule has 2 atom stereocenters. The standard InChI is InChI=1S/C16H15ClN2O2/c1-21-16-14(7-4-8-18-16)19-15(20)12-9-11(12)10-5-2-3-6-13(10)17/h2-8,11-12H,9H2,1H3,(H,19,20). The van der Waals surface area contributed by atoms with Crippen LogP contribution in [0, 0.1) is 5.92 Å². The van der Waals surface area contributed by atoms with Crippen LogP contribution in [0.25, 0.3) is 0 Å². The predicted molar refractivity (Wildman–Crippen MR) is 81.7 cm³/mol. The highest BCUT2D eigenvalue weighted by atomic mass is 35.5. The number of aromatic nitrogens is 1. The van der Waals surface area contributed by atoms with Crippen molar-refractivity contribution >= 4 is 23.2 Å². The average molecular weight is 303 g/mol. The van der Waals surface area contributed by atoms with Crippen LogP contribution >= 0.6 is 11.6 Å². The maximum Gasteiger partial charge on any atom is 0.237 e. The van der Waals surface area contributed by atoms with Crippen molar-refractivity contribution < 1.29 is 9.53 Å².